The highest BCUT2D eigenvalue weighted by molar-refractivity contribution is 7.46. The molecule has 0 aliphatic heterocycles. The number of aliphatic hydroxyl groups excluding tert-OH is 1. The van der Waals surface area contributed by atoms with Gasteiger partial charge in [0, 0.05) is 12.8 Å². The molecule has 1 unspecified atom stereocenters. The van der Waals surface area contributed by atoms with E-state index < -0.39 is 38.6 Å². The SMILES string of the molecule is CC/C=C\CC(O)/C=C/C=C/C/C=C\C/C=C\C/C=C\CCC(=O)OC[C@H](COP(=O)(O)O)OC(=O)CCCCCCCCCC(C)C. The maximum Gasteiger partial charge on any atom is 0.469 e. The number of phosphoric ester groups is 1. The summed E-state index contributed by atoms with van der Waals surface area (Å²) in [6.45, 7) is 5.62. The van der Waals surface area contributed by atoms with Crippen LogP contribution in [-0.4, -0.2) is 52.3 Å². The summed E-state index contributed by atoms with van der Waals surface area (Å²) in [6.07, 6.45) is 35.6. The van der Waals surface area contributed by atoms with Crippen LogP contribution in [0.4, 0.5) is 0 Å². The van der Waals surface area contributed by atoms with Crippen molar-refractivity contribution in [3.63, 3.8) is 0 Å². The lowest BCUT2D eigenvalue weighted by Gasteiger charge is -2.18. The molecule has 9 nitrogen and oxygen atoms in total. The molecule has 274 valence electrons. The number of phosphoric acid groups is 1. The minimum Gasteiger partial charge on any atom is -0.462 e. The zero-order chi connectivity index (χ0) is 35.7. The van der Waals surface area contributed by atoms with Crippen molar-refractivity contribution < 1.29 is 43.0 Å². The molecule has 0 saturated heterocycles. The molecule has 0 radical (unpaired) electrons. The summed E-state index contributed by atoms with van der Waals surface area (Å²) in [5.74, 6) is -0.276. The lowest BCUT2D eigenvalue weighted by molar-refractivity contribution is -0.161. The van der Waals surface area contributed by atoms with Crippen molar-refractivity contribution in [2.45, 2.75) is 136 Å². The number of rotatable bonds is 30. The van der Waals surface area contributed by atoms with Crippen LogP contribution in [0.25, 0.3) is 0 Å². The average molecular weight is 695 g/mol. The minimum atomic E-state index is -4.77. The summed E-state index contributed by atoms with van der Waals surface area (Å²) < 4.78 is 26.1. The van der Waals surface area contributed by atoms with E-state index in [9.17, 15) is 19.3 Å². The van der Waals surface area contributed by atoms with E-state index in [2.05, 4.69) is 43.5 Å². The van der Waals surface area contributed by atoms with Crippen LogP contribution in [0.3, 0.4) is 0 Å². The van der Waals surface area contributed by atoms with E-state index in [0.717, 1.165) is 50.9 Å². The Hall–Kier alpha value is -2.55. The number of carbonyl (C=O) groups excluding carboxylic acids is 2. The van der Waals surface area contributed by atoms with Crippen molar-refractivity contribution in [1.29, 1.82) is 0 Å². The van der Waals surface area contributed by atoms with Gasteiger partial charge in [-0.25, -0.2) is 4.57 Å². The third-order valence-corrected chi connectivity index (χ3v) is 7.50. The highest BCUT2D eigenvalue weighted by atomic mass is 31.2. The monoisotopic (exact) mass is 694 g/mol. The van der Waals surface area contributed by atoms with Crippen LogP contribution in [0.5, 0.6) is 0 Å². The fraction of sp³-hybridized carbons (Fsp3) is 0.632. The van der Waals surface area contributed by atoms with E-state index in [1.165, 1.54) is 25.7 Å². The topological polar surface area (TPSA) is 140 Å². The van der Waals surface area contributed by atoms with Crippen molar-refractivity contribution in [2.75, 3.05) is 13.2 Å². The van der Waals surface area contributed by atoms with E-state index >= 15 is 0 Å². The van der Waals surface area contributed by atoms with Gasteiger partial charge in [-0.15, -0.1) is 0 Å². The molecule has 0 heterocycles. The van der Waals surface area contributed by atoms with Gasteiger partial charge in [-0.05, 0) is 50.9 Å². The second-order valence-electron chi connectivity index (χ2n) is 12.1. The van der Waals surface area contributed by atoms with Crippen molar-refractivity contribution in [2.24, 2.45) is 5.92 Å². The highest BCUT2D eigenvalue weighted by Crippen LogP contribution is 2.35. The molecule has 0 aromatic carbocycles. The molecule has 2 atom stereocenters. The van der Waals surface area contributed by atoms with E-state index in [1.54, 1.807) is 6.08 Å². The smallest absolute Gasteiger partial charge is 0.462 e. The van der Waals surface area contributed by atoms with Gasteiger partial charge in [-0.1, -0.05) is 139 Å². The van der Waals surface area contributed by atoms with Crippen LogP contribution in [0, 0.1) is 5.92 Å². The third kappa shape index (κ3) is 34.8. The summed E-state index contributed by atoms with van der Waals surface area (Å²) in [5, 5.41) is 9.79. The highest BCUT2D eigenvalue weighted by Gasteiger charge is 2.22. The van der Waals surface area contributed by atoms with Crippen molar-refractivity contribution in [3.05, 3.63) is 72.9 Å². The van der Waals surface area contributed by atoms with E-state index in [4.69, 9.17) is 19.3 Å². The quantitative estimate of drug-likeness (QED) is 0.0221. The number of hydrogen-bond acceptors (Lipinski definition) is 7. The first-order chi connectivity index (χ1) is 23.0. The Labute approximate surface area is 290 Å². The summed E-state index contributed by atoms with van der Waals surface area (Å²) in [5.41, 5.74) is 0. The lowest BCUT2D eigenvalue weighted by Crippen LogP contribution is -2.29. The molecule has 0 bridgehead atoms. The van der Waals surface area contributed by atoms with Crippen LogP contribution in [0.15, 0.2) is 72.9 Å². The van der Waals surface area contributed by atoms with Crippen molar-refractivity contribution >= 4 is 19.8 Å². The summed E-state index contributed by atoms with van der Waals surface area (Å²) in [7, 11) is -4.77. The fourth-order valence-corrected chi connectivity index (χ4v) is 4.73. The normalized spacial score (nSPS) is 14.1. The Kier molecular flexibility index (Phi) is 30.0. The predicted octanol–water partition coefficient (Wildman–Crippen LogP) is 9.17. The van der Waals surface area contributed by atoms with E-state index in [0.29, 0.717) is 19.3 Å². The van der Waals surface area contributed by atoms with Crippen molar-refractivity contribution in [3.8, 4) is 0 Å². The van der Waals surface area contributed by atoms with Crippen LogP contribution in [0.2, 0.25) is 0 Å². The Morgan fingerprint density at radius 3 is 1.94 bits per heavy atom. The van der Waals surface area contributed by atoms with E-state index in [-0.39, 0.29) is 19.4 Å². The standard InChI is InChI=1S/C38H63O9P/c1-4-5-22-28-35(39)29-24-19-15-11-9-7-6-8-10-12-16-20-25-30-37(40)45-32-36(33-46-48(42,43)44)47-38(41)31-26-21-17-13-14-18-23-27-34(2)3/h5,7-10,15-16,19-20,22,24,29,34-36,39H,4,6,11-14,17-18,21,23,25-28,30-33H2,1-3H3,(H2,42,43,44)/b9-7-,10-8-,19-15+,20-16-,22-5-,29-24+/t35?,36-/m1/s1. The zero-order valence-corrected chi connectivity index (χ0v) is 30.5. The van der Waals surface area contributed by atoms with Gasteiger partial charge in [0.05, 0.1) is 12.7 Å². The number of hydrogen-bond donors (Lipinski definition) is 3. The third-order valence-electron chi connectivity index (χ3n) is 7.01. The number of esters is 2. The molecule has 0 aromatic heterocycles. The Bertz CT molecular complexity index is 1040. The lowest BCUT2D eigenvalue weighted by atomic mass is 10.0. The van der Waals surface area contributed by atoms with Crippen LogP contribution in [0.1, 0.15) is 124 Å². The molecule has 3 N–H and O–H groups in total. The number of aliphatic hydroxyl groups is 1. The molecule has 0 spiro atoms. The van der Waals surface area contributed by atoms with Crippen LogP contribution >= 0.6 is 7.82 Å². The molecule has 0 aliphatic rings. The average Bonchev–Trinajstić information content (AvgIpc) is 3.02. The van der Waals surface area contributed by atoms with Gasteiger partial charge < -0.3 is 24.4 Å². The molecule has 0 aromatic rings. The molecular weight excluding hydrogens is 631 g/mol. The fourth-order valence-electron chi connectivity index (χ4n) is 4.37. The first-order valence-electron chi connectivity index (χ1n) is 17.7. The molecule has 0 amide bonds. The molecular formula is C38H63O9P. The minimum absolute atomic E-state index is 0.123. The number of ether oxygens (including phenoxy) is 2. The second kappa shape index (κ2) is 31.7. The van der Waals surface area contributed by atoms with Crippen molar-refractivity contribution in [1.82, 2.24) is 0 Å². The first kappa shape index (κ1) is 45.5. The number of carbonyl (C=O) groups is 2. The van der Waals surface area contributed by atoms with Gasteiger partial charge >= 0.3 is 19.8 Å². The molecule has 10 heteroatoms. The summed E-state index contributed by atoms with van der Waals surface area (Å²) in [6, 6.07) is 0. The summed E-state index contributed by atoms with van der Waals surface area (Å²) in [4.78, 5) is 42.5. The van der Waals surface area contributed by atoms with Gasteiger partial charge in [0.15, 0.2) is 6.10 Å². The molecule has 48 heavy (non-hydrogen) atoms. The summed E-state index contributed by atoms with van der Waals surface area (Å²) >= 11 is 0. The van der Waals surface area contributed by atoms with Gasteiger partial charge in [0.25, 0.3) is 0 Å². The molecule has 0 rings (SSSR count). The molecule has 0 fully saturated rings. The second-order valence-corrected chi connectivity index (χ2v) is 13.4. The van der Waals surface area contributed by atoms with Crippen LogP contribution < -0.4 is 0 Å². The van der Waals surface area contributed by atoms with Gasteiger partial charge in [-0.3, -0.25) is 14.1 Å². The maximum atomic E-state index is 12.3. The Balaban J connectivity index is 4.18. The predicted molar refractivity (Wildman–Crippen MR) is 194 cm³/mol. The number of unbranched alkanes of at least 4 members (excludes halogenated alkanes) is 6. The number of allylic oxidation sites excluding steroid dienone is 10. The maximum absolute atomic E-state index is 12.3. The van der Waals surface area contributed by atoms with E-state index in [1.807, 2.05) is 48.6 Å². The Morgan fingerprint density at radius 2 is 1.31 bits per heavy atom. The van der Waals surface area contributed by atoms with Crippen LogP contribution in [-0.2, 0) is 28.2 Å². The molecule has 0 aliphatic carbocycles. The van der Waals surface area contributed by atoms with Gasteiger partial charge in [0.2, 0.25) is 0 Å². The first-order valence-corrected chi connectivity index (χ1v) is 19.2. The Morgan fingerprint density at radius 1 is 0.708 bits per heavy atom. The molecule has 0 saturated carbocycles. The van der Waals surface area contributed by atoms with Gasteiger partial charge in [-0.2, -0.15) is 0 Å². The van der Waals surface area contributed by atoms with Gasteiger partial charge in [0.1, 0.15) is 6.61 Å². The largest absolute Gasteiger partial charge is 0.469 e. The zero-order valence-electron chi connectivity index (χ0n) is 29.6.